The molecule has 0 aromatic carbocycles. The topological polar surface area (TPSA) is 120 Å². The van der Waals surface area contributed by atoms with E-state index in [0.29, 0.717) is 13.1 Å². The van der Waals surface area contributed by atoms with E-state index in [0.717, 1.165) is 25.8 Å². The van der Waals surface area contributed by atoms with E-state index < -0.39 is 0 Å². The summed E-state index contributed by atoms with van der Waals surface area (Å²) in [6.07, 6.45) is 2.43. The van der Waals surface area contributed by atoms with Gasteiger partial charge in [-0.1, -0.05) is 0 Å². The van der Waals surface area contributed by atoms with Crippen LogP contribution in [0.2, 0.25) is 0 Å². The van der Waals surface area contributed by atoms with Crippen LogP contribution in [-0.4, -0.2) is 71.2 Å². The first-order chi connectivity index (χ1) is 10.6. The number of carbonyl (C=O) groups excluding carboxylic acids is 2. The van der Waals surface area contributed by atoms with Crippen LogP contribution in [0.25, 0.3) is 0 Å². The van der Waals surface area contributed by atoms with Crippen molar-refractivity contribution in [2.45, 2.75) is 31.3 Å². The standard InChI is InChI=1S/C14H32N6O2/c1-16-8-9-20-13(21)11(17-2)6-4-5-7-19-14(22)12(10-15)18-3/h11-12,16-18H,4-10,15H2,1-3H3,(H,19,22)(H,20,21)/t11-,12-/m0/s1. The molecule has 22 heavy (non-hydrogen) atoms. The van der Waals surface area contributed by atoms with Gasteiger partial charge in [-0.15, -0.1) is 0 Å². The Kier molecular flexibility index (Phi) is 12.7. The summed E-state index contributed by atoms with van der Waals surface area (Å²) in [4.78, 5) is 23.6. The molecule has 0 fully saturated rings. The first-order valence-corrected chi connectivity index (χ1v) is 7.85. The van der Waals surface area contributed by atoms with E-state index in [1.54, 1.807) is 14.1 Å². The fourth-order valence-corrected chi connectivity index (χ4v) is 2.00. The second-order valence-electron chi connectivity index (χ2n) is 5.10. The van der Waals surface area contributed by atoms with Gasteiger partial charge in [0.25, 0.3) is 0 Å². The lowest BCUT2D eigenvalue weighted by atomic mass is 10.1. The molecule has 0 rings (SSSR count). The van der Waals surface area contributed by atoms with Crippen molar-refractivity contribution in [1.29, 1.82) is 0 Å². The molecule has 7 N–H and O–H groups in total. The summed E-state index contributed by atoms with van der Waals surface area (Å²) in [5.41, 5.74) is 5.48. The Hall–Kier alpha value is -1.22. The van der Waals surface area contributed by atoms with Crippen LogP contribution in [0.5, 0.6) is 0 Å². The minimum absolute atomic E-state index is 0.0140. The highest BCUT2D eigenvalue weighted by Crippen LogP contribution is 2.00. The maximum atomic E-state index is 11.9. The zero-order valence-electron chi connectivity index (χ0n) is 14.0. The van der Waals surface area contributed by atoms with Crippen molar-refractivity contribution in [3.8, 4) is 0 Å². The lowest BCUT2D eigenvalue weighted by molar-refractivity contribution is -0.124. The Labute approximate surface area is 133 Å². The number of likely N-dealkylation sites (N-methyl/N-ethyl adjacent to an activating group) is 3. The first-order valence-electron chi connectivity index (χ1n) is 7.85. The Morgan fingerprint density at radius 1 is 0.864 bits per heavy atom. The van der Waals surface area contributed by atoms with Crippen molar-refractivity contribution in [2.75, 3.05) is 47.3 Å². The van der Waals surface area contributed by atoms with E-state index >= 15 is 0 Å². The number of carbonyl (C=O) groups is 2. The van der Waals surface area contributed by atoms with Crippen molar-refractivity contribution in [2.24, 2.45) is 5.73 Å². The zero-order chi connectivity index (χ0) is 16.8. The van der Waals surface area contributed by atoms with Crippen molar-refractivity contribution in [3.05, 3.63) is 0 Å². The van der Waals surface area contributed by atoms with Gasteiger partial charge in [0.2, 0.25) is 11.8 Å². The molecule has 0 bridgehead atoms. The zero-order valence-corrected chi connectivity index (χ0v) is 14.0. The molecule has 8 nitrogen and oxygen atoms in total. The fraction of sp³-hybridized carbons (Fsp3) is 0.857. The molecule has 0 aliphatic rings. The molecule has 0 aliphatic carbocycles. The van der Waals surface area contributed by atoms with Gasteiger partial charge in [-0.05, 0) is 40.4 Å². The van der Waals surface area contributed by atoms with Gasteiger partial charge >= 0.3 is 0 Å². The molecule has 0 aliphatic heterocycles. The largest absolute Gasteiger partial charge is 0.355 e. The van der Waals surface area contributed by atoms with Crippen LogP contribution in [0.3, 0.4) is 0 Å². The van der Waals surface area contributed by atoms with Crippen LogP contribution in [0.1, 0.15) is 19.3 Å². The van der Waals surface area contributed by atoms with E-state index in [1.807, 2.05) is 7.05 Å². The molecular formula is C14H32N6O2. The molecule has 0 heterocycles. The number of unbranched alkanes of at least 4 members (excludes halogenated alkanes) is 1. The van der Waals surface area contributed by atoms with E-state index in [4.69, 9.17) is 5.73 Å². The molecule has 0 saturated carbocycles. The van der Waals surface area contributed by atoms with Gasteiger partial charge in [0.05, 0.1) is 12.1 Å². The van der Waals surface area contributed by atoms with Gasteiger partial charge in [-0.3, -0.25) is 9.59 Å². The predicted octanol–water partition coefficient (Wildman–Crippen LogP) is -2.26. The fourth-order valence-electron chi connectivity index (χ4n) is 2.00. The smallest absolute Gasteiger partial charge is 0.238 e. The molecule has 0 aromatic heterocycles. The average Bonchev–Trinajstić information content (AvgIpc) is 2.52. The average molecular weight is 316 g/mol. The number of rotatable bonds is 13. The van der Waals surface area contributed by atoms with Crippen LogP contribution in [0, 0.1) is 0 Å². The Balaban J connectivity index is 3.82. The maximum absolute atomic E-state index is 11.9. The van der Waals surface area contributed by atoms with E-state index in [-0.39, 0.29) is 30.4 Å². The highest BCUT2D eigenvalue weighted by molar-refractivity contribution is 5.82. The van der Waals surface area contributed by atoms with E-state index in [9.17, 15) is 9.59 Å². The quantitative estimate of drug-likeness (QED) is 0.213. The summed E-state index contributed by atoms with van der Waals surface area (Å²) < 4.78 is 0. The maximum Gasteiger partial charge on any atom is 0.238 e. The second-order valence-corrected chi connectivity index (χ2v) is 5.10. The van der Waals surface area contributed by atoms with Crippen molar-refractivity contribution >= 4 is 11.8 Å². The highest BCUT2D eigenvalue weighted by atomic mass is 16.2. The summed E-state index contributed by atoms with van der Waals surface area (Å²) in [6, 6.07) is -0.537. The molecule has 0 radical (unpaired) electrons. The number of amides is 2. The minimum atomic E-state index is -0.344. The van der Waals surface area contributed by atoms with E-state index in [1.165, 1.54) is 0 Å². The lowest BCUT2D eigenvalue weighted by Gasteiger charge is -2.16. The number of hydrogen-bond donors (Lipinski definition) is 6. The first kappa shape index (κ1) is 20.8. The minimum Gasteiger partial charge on any atom is -0.355 e. The number of nitrogens with one attached hydrogen (secondary N) is 5. The van der Waals surface area contributed by atoms with Crippen LogP contribution in [0.4, 0.5) is 0 Å². The van der Waals surface area contributed by atoms with Gasteiger partial charge in [-0.25, -0.2) is 0 Å². The van der Waals surface area contributed by atoms with Gasteiger partial charge in [0.15, 0.2) is 0 Å². The predicted molar refractivity (Wildman–Crippen MR) is 88.5 cm³/mol. The molecular weight excluding hydrogens is 284 g/mol. The number of hydrogen-bond acceptors (Lipinski definition) is 6. The second kappa shape index (κ2) is 13.4. The molecule has 8 heteroatoms. The third-order valence-electron chi connectivity index (χ3n) is 3.46. The molecule has 0 unspecified atom stereocenters. The molecule has 2 amide bonds. The Morgan fingerprint density at radius 3 is 2.00 bits per heavy atom. The van der Waals surface area contributed by atoms with Crippen LogP contribution < -0.4 is 32.3 Å². The monoisotopic (exact) mass is 316 g/mol. The molecule has 2 atom stereocenters. The normalized spacial score (nSPS) is 13.5. The van der Waals surface area contributed by atoms with Gasteiger partial charge in [-0.2, -0.15) is 0 Å². The van der Waals surface area contributed by atoms with Crippen molar-refractivity contribution < 1.29 is 9.59 Å². The summed E-state index contributed by atoms with van der Waals surface area (Å²) in [5.74, 6) is -0.0693. The lowest BCUT2D eigenvalue weighted by Crippen LogP contribution is -2.47. The van der Waals surface area contributed by atoms with Gasteiger partial charge in [0, 0.05) is 26.2 Å². The molecule has 0 saturated heterocycles. The van der Waals surface area contributed by atoms with Crippen LogP contribution in [0.15, 0.2) is 0 Å². The Bertz CT molecular complexity index is 310. The summed E-state index contributed by atoms with van der Waals surface area (Å²) >= 11 is 0. The van der Waals surface area contributed by atoms with Crippen molar-refractivity contribution in [3.63, 3.8) is 0 Å². The van der Waals surface area contributed by atoms with Gasteiger partial charge < -0.3 is 32.3 Å². The summed E-state index contributed by atoms with van der Waals surface area (Å²) in [7, 11) is 5.34. The third kappa shape index (κ3) is 8.93. The summed E-state index contributed by atoms with van der Waals surface area (Å²) in [6.45, 7) is 2.24. The SMILES string of the molecule is CNCCNC(=O)[C@H](CCCCNC(=O)[C@H](CN)NC)NC. The van der Waals surface area contributed by atoms with Crippen molar-refractivity contribution in [1.82, 2.24) is 26.6 Å². The summed E-state index contributed by atoms with van der Waals surface area (Å²) in [5, 5.41) is 14.6. The molecule has 0 aromatic rings. The number of nitrogens with two attached hydrogens (primary N) is 1. The Morgan fingerprint density at radius 2 is 1.45 bits per heavy atom. The molecule has 130 valence electrons. The van der Waals surface area contributed by atoms with E-state index in [2.05, 4.69) is 26.6 Å². The highest BCUT2D eigenvalue weighted by Gasteiger charge is 2.16. The van der Waals surface area contributed by atoms with Crippen LogP contribution >= 0.6 is 0 Å². The van der Waals surface area contributed by atoms with Gasteiger partial charge in [0.1, 0.15) is 0 Å². The molecule has 0 spiro atoms. The van der Waals surface area contributed by atoms with Crippen LogP contribution in [-0.2, 0) is 9.59 Å². The third-order valence-corrected chi connectivity index (χ3v) is 3.46.